The summed E-state index contributed by atoms with van der Waals surface area (Å²) in [6, 6.07) is 10.8. The number of carboxylic acid groups (broad SMARTS) is 1. The highest BCUT2D eigenvalue weighted by Crippen LogP contribution is 2.41. The fourth-order valence-electron chi connectivity index (χ4n) is 5.92. The lowest BCUT2D eigenvalue weighted by Gasteiger charge is -2.48. The van der Waals surface area contributed by atoms with Crippen LogP contribution in [0.1, 0.15) is 50.5 Å². The third-order valence-electron chi connectivity index (χ3n) is 9.50. The van der Waals surface area contributed by atoms with Gasteiger partial charge in [0.25, 0.3) is 5.91 Å². The molecule has 1 saturated heterocycles. The van der Waals surface area contributed by atoms with E-state index in [-0.39, 0.29) is 23.0 Å². The number of amides is 3. The van der Waals surface area contributed by atoms with Crippen molar-refractivity contribution in [3.8, 4) is 5.75 Å². The molecule has 0 saturated carbocycles. The molecule has 0 unspecified atom stereocenters. The number of aromatic nitrogens is 2. The average Bonchev–Trinajstić information content (AvgIpc) is 3.42. The van der Waals surface area contributed by atoms with Gasteiger partial charge in [0.1, 0.15) is 16.3 Å². The highest BCUT2D eigenvalue weighted by Gasteiger charge is 2.45. The molecular weight excluding hydrogens is 687 g/mol. The predicted octanol–water partition coefficient (Wildman–Crippen LogP) is 7.01. The summed E-state index contributed by atoms with van der Waals surface area (Å²) < 4.78 is 12.8. The van der Waals surface area contributed by atoms with Gasteiger partial charge in [-0.1, -0.05) is 39.8 Å². The molecule has 1 aromatic carbocycles. The number of anilines is 4. The van der Waals surface area contributed by atoms with Crippen molar-refractivity contribution >= 4 is 69.8 Å². The van der Waals surface area contributed by atoms with Gasteiger partial charge < -0.3 is 40.4 Å². The van der Waals surface area contributed by atoms with Gasteiger partial charge in [-0.15, -0.1) is 11.3 Å². The SMILES string of the molecule is COc1ccc(CNc2sc3cc(NC(C)=O)cnc3c2C(=O)Nc2cnccc2N2C[C@H](C)[C@H](O[Si](C)(C)C(C)(C)C)[C@H](NC(=O)O)C2)cc1. The monoisotopic (exact) mass is 733 g/mol. The number of ether oxygens (including phenoxy) is 1. The molecule has 0 aliphatic carbocycles. The van der Waals surface area contributed by atoms with Gasteiger partial charge in [-0.05, 0) is 48.0 Å². The van der Waals surface area contributed by atoms with Crippen molar-refractivity contribution in [2.24, 2.45) is 5.92 Å². The molecule has 3 amide bonds. The van der Waals surface area contributed by atoms with E-state index in [1.807, 2.05) is 30.3 Å². The number of thiophene rings is 1. The van der Waals surface area contributed by atoms with Gasteiger partial charge in [0, 0.05) is 38.7 Å². The second kappa shape index (κ2) is 15.2. The van der Waals surface area contributed by atoms with Crippen molar-refractivity contribution < 1.29 is 28.7 Å². The van der Waals surface area contributed by atoms with E-state index in [4.69, 9.17) is 9.16 Å². The Hall–Kier alpha value is -4.73. The molecule has 1 aliphatic rings. The Balaban J connectivity index is 1.44. The highest BCUT2D eigenvalue weighted by molar-refractivity contribution is 7.23. The molecule has 0 bridgehead atoms. The normalized spacial score (nSPS) is 17.9. The van der Waals surface area contributed by atoms with Crippen molar-refractivity contribution in [2.75, 3.05) is 41.0 Å². The molecular formula is C36H47N7O6SSi. The van der Waals surface area contributed by atoms with E-state index >= 15 is 0 Å². The van der Waals surface area contributed by atoms with Crippen molar-refractivity contribution in [1.82, 2.24) is 15.3 Å². The van der Waals surface area contributed by atoms with Gasteiger partial charge in [-0.3, -0.25) is 19.6 Å². The minimum absolute atomic E-state index is 0.0296. The minimum atomic E-state index is -2.22. The zero-order valence-electron chi connectivity index (χ0n) is 30.3. The van der Waals surface area contributed by atoms with E-state index in [9.17, 15) is 19.5 Å². The molecule has 0 radical (unpaired) electrons. The van der Waals surface area contributed by atoms with Crippen LogP contribution in [0.3, 0.4) is 0 Å². The molecule has 3 atom stereocenters. The number of pyridine rings is 2. The fraction of sp³-hybridized carbons (Fsp3) is 0.417. The average molecular weight is 734 g/mol. The van der Waals surface area contributed by atoms with Crippen molar-refractivity contribution in [3.63, 3.8) is 0 Å². The van der Waals surface area contributed by atoms with Crippen molar-refractivity contribution in [1.29, 1.82) is 0 Å². The Morgan fingerprint density at radius 2 is 1.80 bits per heavy atom. The first-order valence-corrected chi connectivity index (χ1v) is 20.5. The van der Waals surface area contributed by atoms with Crippen LogP contribution in [-0.2, 0) is 15.8 Å². The summed E-state index contributed by atoms with van der Waals surface area (Å²) in [4.78, 5) is 48.9. The van der Waals surface area contributed by atoms with Gasteiger partial charge >= 0.3 is 6.09 Å². The lowest BCUT2D eigenvalue weighted by Crippen LogP contribution is -2.62. The third-order valence-corrected chi connectivity index (χ3v) is 15.1. The lowest BCUT2D eigenvalue weighted by molar-refractivity contribution is -0.114. The van der Waals surface area contributed by atoms with Crippen LogP contribution in [0, 0.1) is 5.92 Å². The van der Waals surface area contributed by atoms with Gasteiger partial charge in [-0.2, -0.15) is 0 Å². The Morgan fingerprint density at radius 3 is 2.45 bits per heavy atom. The van der Waals surface area contributed by atoms with Crippen LogP contribution in [-0.4, -0.2) is 73.6 Å². The number of methoxy groups -OCH3 is 1. The lowest BCUT2D eigenvalue weighted by atomic mass is 9.92. The van der Waals surface area contributed by atoms with E-state index in [1.165, 1.54) is 24.5 Å². The van der Waals surface area contributed by atoms with Crippen molar-refractivity contribution in [2.45, 2.75) is 71.4 Å². The summed E-state index contributed by atoms with van der Waals surface area (Å²) in [6.45, 7) is 15.7. The number of nitrogens with one attached hydrogen (secondary N) is 4. The summed E-state index contributed by atoms with van der Waals surface area (Å²) in [5.41, 5.74) is 3.54. The molecule has 4 aromatic rings. The highest BCUT2D eigenvalue weighted by atomic mass is 32.1. The van der Waals surface area contributed by atoms with E-state index in [0.717, 1.165) is 16.0 Å². The Kier molecular flexibility index (Phi) is 11.2. The Morgan fingerprint density at radius 1 is 1.08 bits per heavy atom. The summed E-state index contributed by atoms with van der Waals surface area (Å²) >= 11 is 1.36. The predicted molar refractivity (Wildman–Crippen MR) is 205 cm³/mol. The van der Waals surface area contributed by atoms with Gasteiger partial charge in [-0.25, -0.2) is 4.79 Å². The second-order valence-electron chi connectivity index (χ2n) is 14.4. The van der Waals surface area contributed by atoms with Gasteiger partial charge in [0.15, 0.2) is 8.32 Å². The number of rotatable bonds is 11. The van der Waals surface area contributed by atoms with E-state index < -0.39 is 26.4 Å². The van der Waals surface area contributed by atoms with E-state index in [2.05, 4.69) is 76.9 Å². The van der Waals surface area contributed by atoms with Crippen molar-refractivity contribution in [3.05, 3.63) is 66.1 Å². The van der Waals surface area contributed by atoms with E-state index in [0.29, 0.717) is 52.8 Å². The van der Waals surface area contributed by atoms with Crippen LogP contribution in [0.2, 0.25) is 18.1 Å². The van der Waals surface area contributed by atoms with Crippen LogP contribution in [0.4, 0.5) is 26.9 Å². The topological polar surface area (TPSA) is 167 Å². The first kappa shape index (κ1) is 37.5. The second-order valence-corrected chi connectivity index (χ2v) is 20.2. The number of hydrogen-bond donors (Lipinski definition) is 5. The Labute approximate surface area is 303 Å². The molecule has 13 nitrogen and oxygen atoms in total. The van der Waals surface area contributed by atoms with Crippen LogP contribution >= 0.6 is 11.3 Å². The molecule has 0 spiro atoms. The molecule has 272 valence electrons. The van der Waals surface area contributed by atoms with E-state index in [1.54, 1.807) is 25.6 Å². The first-order chi connectivity index (χ1) is 24.1. The summed E-state index contributed by atoms with van der Waals surface area (Å²) in [5, 5.41) is 22.3. The number of piperidine rings is 1. The van der Waals surface area contributed by atoms with Gasteiger partial charge in [0.05, 0.1) is 58.9 Å². The maximum absolute atomic E-state index is 14.3. The number of hydrogen-bond acceptors (Lipinski definition) is 10. The summed E-state index contributed by atoms with van der Waals surface area (Å²) in [5.74, 6) is 0.0998. The quantitative estimate of drug-likeness (QED) is 0.101. The smallest absolute Gasteiger partial charge is 0.405 e. The third kappa shape index (κ3) is 8.78. The van der Waals surface area contributed by atoms with Crippen LogP contribution in [0.15, 0.2) is 55.0 Å². The Bertz CT molecular complexity index is 1900. The molecule has 51 heavy (non-hydrogen) atoms. The molecule has 3 aromatic heterocycles. The summed E-state index contributed by atoms with van der Waals surface area (Å²) in [7, 11) is -0.605. The maximum Gasteiger partial charge on any atom is 0.405 e. The summed E-state index contributed by atoms with van der Waals surface area (Å²) in [6.07, 6.45) is 3.35. The first-order valence-electron chi connectivity index (χ1n) is 16.8. The zero-order valence-corrected chi connectivity index (χ0v) is 32.1. The maximum atomic E-state index is 14.3. The number of nitrogens with zero attached hydrogens (tertiary/aromatic N) is 3. The fourth-order valence-corrected chi connectivity index (χ4v) is 8.44. The number of fused-ring (bicyclic) bond motifs is 1. The van der Waals surface area contributed by atoms with Gasteiger partial charge in [0.2, 0.25) is 5.91 Å². The largest absolute Gasteiger partial charge is 0.497 e. The zero-order chi connectivity index (χ0) is 37.1. The molecule has 5 rings (SSSR count). The standard InChI is InChI=1S/C36H47N7O6SSi/c1-21-19-43(20-27(42-35(46)47)32(21)49-51(7,8)36(3,4)5)28-13-14-37-18-26(28)41-33(45)30-31-29(15-24(17-38-31)40-22(2)44)50-34(30)39-16-23-9-11-25(48-6)12-10-23/h9-15,17-18,21,27,32,39,42H,16,19-20H2,1-8H3,(H,40,44)(H,41,45)(H,46,47)/t21-,27+,32-/m0/s1. The number of carbonyl (C=O) groups excluding carboxylic acids is 2. The van der Waals surface area contributed by atoms with Crippen LogP contribution in [0.25, 0.3) is 10.2 Å². The molecule has 4 heterocycles. The molecule has 5 N–H and O–H groups in total. The number of carbonyl (C=O) groups is 3. The van der Waals surface area contributed by atoms with Crippen LogP contribution in [0.5, 0.6) is 5.75 Å². The molecule has 1 aliphatic heterocycles. The molecule has 15 heteroatoms. The minimum Gasteiger partial charge on any atom is -0.497 e. The molecule has 1 fully saturated rings. The van der Waals surface area contributed by atoms with Crippen LogP contribution < -0.4 is 30.9 Å². The number of benzene rings is 1.